The molecule has 1 N–H and O–H groups in total. The number of carbonyl (C=O) groups excluding carboxylic acids is 1. The van der Waals surface area contributed by atoms with E-state index in [2.05, 4.69) is 15.2 Å². The Morgan fingerprint density at radius 1 is 1.26 bits per heavy atom. The first-order valence-electron chi connectivity index (χ1n) is 8.74. The summed E-state index contributed by atoms with van der Waals surface area (Å²) in [6.45, 7) is 1.19. The second-order valence-corrected chi connectivity index (χ2v) is 6.84. The van der Waals surface area contributed by atoms with Crippen molar-refractivity contribution >= 4 is 17.5 Å². The molecule has 4 rings (SSSR count). The minimum atomic E-state index is -0.234. The molecule has 7 heteroatoms. The second kappa shape index (κ2) is 7.50. The van der Waals surface area contributed by atoms with Gasteiger partial charge in [-0.25, -0.2) is 0 Å². The largest absolute Gasteiger partial charge is 0.385 e. The van der Waals surface area contributed by atoms with E-state index in [1.165, 1.54) is 0 Å². The number of rotatable bonds is 6. The average molecular weight is 383 g/mol. The smallest absolute Gasteiger partial charge is 0.273 e. The van der Waals surface area contributed by atoms with E-state index in [1.807, 2.05) is 41.3 Å². The summed E-state index contributed by atoms with van der Waals surface area (Å²) >= 11 is 6.02. The highest BCUT2D eigenvalue weighted by Crippen LogP contribution is 2.42. The first-order valence-corrected chi connectivity index (χ1v) is 9.12. The van der Waals surface area contributed by atoms with Gasteiger partial charge in [0.05, 0.1) is 11.7 Å². The average Bonchev–Trinajstić information content (AvgIpc) is 3.23. The summed E-state index contributed by atoms with van der Waals surface area (Å²) in [4.78, 5) is 19.2. The molecule has 27 heavy (non-hydrogen) atoms. The molecule has 1 aliphatic rings. The Balaban J connectivity index is 1.80. The number of H-pyrrole nitrogens is 1. The quantitative estimate of drug-likeness (QED) is 0.660. The second-order valence-electron chi connectivity index (χ2n) is 6.40. The van der Waals surface area contributed by atoms with Gasteiger partial charge >= 0.3 is 0 Å². The number of nitrogens with one attached hydrogen (secondary N) is 1. The molecule has 0 bridgehead atoms. The van der Waals surface area contributed by atoms with Gasteiger partial charge in [0, 0.05) is 48.8 Å². The number of pyridine rings is 1. The molecule has 0 aliphatic carbocycles. The molecule has 138 valence electrons. The number of halogens is 1. The number of hydrogen-bond donors (Lipinski definition) is 1. The van der Waals surface area contributed by atoms with Gasteiger partial charge in [0.15, 0.2) is 0 Å². The number of ether oxygens (including phenoxy) is 1. The number of benzene rings is 1. The molecule has 2 aromatic heterocycles. The highest BCUT2D eigenvalue weighted by Gasteiger charge is 2.41. The van der Waals surface area contributed by atoms with E-state index in [4.69, 9.17) is 16.3 Å². The van der Waals surface area contributed by atoms with Crippen LogP contribution in [0.2, 0.25) is 5.02 Å². The van der Waals surface area contributed by atoms with Crippen molar-refractivity contribution in [2.75, 3.05) is 20.3 Å². The van der Waals surface area contributed by atoms with Gasteiger partial charge in [-0.2, -0.15) is 5.10 Å². The number of amides is 1. The van der Waals surface area contributed by atoms with Crippen LogP contribution in [0.15, 0.2) is 48.8 Å². The predicted molar refractivity (Wildman–Crippen MR) is 103 cm³/mol. The first-order chi connectivity index (χ1) is 13.2. The Labute approximate surface area is 162 Å². The Kier molecular flexibility index (Phi) is 4.92. The minimum Gasteiger partial charge on any atom is -0.385 e. The molecule has 0 saturated heterocycles. The van der Waals surface area contributed by atoms with E-state index < -0.39 is 0 Å². The van der Waals surface area contributed by atoms with Gasteiger partial charge < -0.3 is 9.64 Å². The van der Waals surface area contributed by atoms with Crippen molar-refractivity contribution in [1.82, 2.24) is 20.1 Å². The number of aromatic amines is 1. The summed E-state index contributed by atoms with van der Waals surface area (Å²) in [7, 11) is 1.66. The molecule has 1 unspecified atom stereocenters. The fraction of sp³-hybridized carbons (Fsp3) is 0.250. The third-order valence-electron chi connectivity index (χ3n) is 4.73. The normalized spacial score (nSPS) is 16.0. The van der Waals surface area contributed by atoms with Crippen LogP contribution in [0.5, 0.6) is 0 Å². The molecule has 1 aliphatic heterocycles. The zero-order valence-electron chi connectivity index (χ0n) is 14.9. The van der Waals surface area contributed by atoms with Crippen molar-refractivity contribution in [2.24, 2.45) is 0 Å². The lowest BCUT2D eigenvalue weighted by Crippen LogP contribution is -2.31. The predicted octanol–water partition coefficient (Wildman–Crippen LogP) is 3.71. The van der Waals surface area contributed by atoms with Gasteiger partial charge in [-0.1, -0.05) is 29.8 Å². The summed E-state index contributed by atoms with van der Waals surface area (Å²) in [6, 6.07) is 11.1. The van der Waals surface area contributed by atoms with Gasteiger partial charge in [-0.15, -0.1) is 0 Å². The Morgan fingerprint density at radius 2 is 2.07 bits per heavy atom. The zero-order chi connectivity index (χ0) is 18.8. The Bertz CT molecular complexity index is 940. The molecule has 0 radical (unpaired) electrons. The highest BCUT2D eigenvalue weighted by atomic mass is 35.5. The van der Waals surface area contributed by atoms with Gasteiger partial charge in [0.25, 0.3) is 5.91 Å². The summed E-state index contributed by atoms with van der Waals surface area (Å²) in [5, 5.41) is 8.04. The van der Waals surface area contributed by atoms with Crippen LogP contribution >= 0.6 is 11.6 Å². The Hall–Kier alpha value is -2.70. The van der Waals surface area contributed by atoms with Crippen LogP contribution in [0.3, 0.4) is 0 Å². The number of fused-ring (bicyclic) bond motifs is 1. The van der Waals surface area contributed by atoms with Gasteiger partial charge in [-0.05, 0) is 30.2 Å². The molecule has 1 atom stereocenters. The molecule has 0 fully saturated rings. The van der Waals surface area contributed by atoms with E-state index in [0.29, 0.717) is 23.9 Å². The lowest BCUT2D eigenvalue weighted by Gasteiger charge is -2.26. The third-order valence-corrected chi connectivity index (χ3v) is 4.98. The lowest BCUT2D eigenvalue weighted by atomic mass is 9.97. The monoisotopic (exact) mass is 382 g/mol. The van der Waals surface area contributed by atoms with Crippen LogP contribution in [0.25, 0.3) is 11.3 Å². The molecule has 1 aromatic carbocycles. The van der Waals surface area contributed by atoms with Crippen molar-refractivity contribution in [2.45, 2.75) is 12.5 Å². The van der Waals surface area contributed by atoms with Crippen LogP contribution < -0.4 is 0 Å². The lowest BCUT2D eigenvalue weighted by molar-refractivity contribution is 0.0723. The zero-order valence-corrected chi connectivity index (χ0v) is 15.6. The van der Waals surface area contributed by atoms with Crippen molar-refractivity contribution < 1.29 is 9.53 Å². The van der Waals surface area contributed by atoms with E-state index in [9.17, 15) is 4.79 Å². The third kappa shape index (κ3) is 3.22. The maximum absolute atomic E-state index is 13.0. The molecule has 6 nitrogen and oxygen atoms in total. The highest BCUT2D eigenvalue weighted by molar-refractivity contribution is 6.30. The summed E-state index contributed by atoms with van der Waals surface area (Å²) < 4.78 is 5.16. The molecular formula is C20H19ClN4O2. The standard InChI is InChI=1S/C20H19ClN4O2/c1-27-11-3-10-25-19(14-4-2-9-22-12-14)16-17(23-24-18(16)20(25)26)13-5-7-15(21)8-6-13/h2,4-9,12,19H,3,10-11H2,1H3,(H,23,24). The summed E-state index contributed by atoms with van der Waals surface area (Å²) in [6.07, 6.45) is 4.29. The van der Waals surface area contributed by atoms with Crippen molar-refractivity contribution in [3.8, 4) is 11.3 Å². The number of methoxy groups -OCH3 is 1. The van der Waals surface area contributed by atoms with Crippen molar-refractivity contribution in [3.63, 3.8) is 0 Å². The fourth-order valence-corrected chi connectivity index (χ4v) is 3.64. The van der Waals surface area contributed by atoms with Gasteiger partial charge in [0.1, 0.15) is 5.69 Å². The number of nitrogens with zero attached hydrogens (tertiary/aromatic N) is 3. The first kappa shape index (κ1) is 17.7. The van der Waals surface area contributed by atoms with Crippen molar-refractivity contribution in [1.29, 1.82) is 0 Å². The SMILES string of the molecule is COCCCN1C(=O)c2[nH]nc(-c3ccc(Cl)cc3)c2C1c1cccnc1. The number of carbonyl (C=O) groups is 1. The number of aromatic nitrogens is 3. The molecule has 3 aromatic rings. The molecule has 1 amide bonds. The van der Waals surface area contributed by atoms with Crippen LogP contribution in [-0.2, 0) is 4.74 Å². The van der Waals surface area contributed by atoms with E-state index >= 15 is 0 Å². The fourth-order valence-electron chi connectivity index (χ4n) is 3.52. The van der Waals surface area contributed by atoms with Crippen LogP contribution in [0.4, 0.5) is 0 Å². The van der Waals surface area contributed by atoms with Crippen LogP contribution in [0, 0.1) is 0 Å². The van der Waals surface area contributed by atoms with E-state index in [1.54, 1.807) is 19.5 Å². The minimum absolute atomic E-state index is 0.0531. The summed E-state index contributed by atoms with van der Waals surface area (Å²) in [5.41, 5.74) is 4.05. The molecule has 3 heterocycles. The van der Waals surface area contributed by atoms with Crippen LogP contribution in [0.1, 0.15) is 34.1 Å². The van der Waals surface area contributed by atoms with E-state index in [-0.39, 0.29) is 11.9 Å². The van der Waals surface area contributed by atoms with E-state index in [0.717, 1.165) is 28.8 Å². The van der Waals surface area contributed by atoms with Gasteiger partial charge in [0.2, 0.25) is 0 Å². The Morgan fingerprint density at radius 3 is 2.78 bits per heavy atom. The van der Waals surface area contributed by atoms with Crippen molar-refractivity contribution in [3.05, 3.63) is 70.6 Å². The topological polar surface area (TPSA) is 71.1 Å². The van der Waals surface area contributed by atoms with Gasteiger partial charge in [-0.3, -0.25) is 14.9 Å². The number of hydrogen-bond acceptors (Lipinski definition) is 4. The maximum atomic E-state index is 13.0. The molecular weight excluding hydrogens is 364 g/mol. The molecule has 0 saturated carbocycles. The molecule has 0 spiro atoms. The van der Waals surface area contributed by atoms with Crippen LogP contribution in [-0.4, -0.2) is 46.2 Å². The maximum Gasteiger partial charge on any atom is 0.273 e. The summed E-state index contributed by atoms with van der Waals surface area (Å²) in [5.74, 6) is -0.0531.